The van der Waals surface area contributed by atoms with Crippen LogP contribution in [0.3, 0.4) is 0 Å². The molecule has 2 rings (SSSR count). The molecule has 2 aromatic rings. The van der Waals surface area contributed by atoms with E-state index in [2.05, 4.69) is 21.2 Å². The number of amides is 2. The number of nitrogens with zero attached hydrogens (tertiary/aromatic N) is 1. The number of hydrogen-bond acceptors (Lipinski definition) is 3. The van der Waals surface area contributed by atoms with Crippen LogP contribution in [0.4, 0.5) is 0 Å². The summed E-state index contributed by atoms with van der Waals surface area (Å²) in [6, 6.07) is 11.7. The van der Waals surface area contributed by atoms with Gasteiger partial charge < -0.3 is 15.0 Å². The number of hydrogen-bond donors (Lipinski definition) is 1. The van der Waals surface area contributed by atoms with Crippen molar-refractivity contribution in [2.24, 2.45) is 5.92 Å². The largest absolute Gasteiger partial charge is 0.484 e. The Balaban J connectivity index is 2.25. The standard InChI is InChI=1S/C23H27BrCl2N2O3/c1-4-21(23(30)27-12-15(2)3)28(13-18-19(25)6-5-7-20(18)26)22(29)14-31-17-10-8-16(24)9-11-17/h5-11,15,21H,4,12-14H2,1-3H3,(H,27,30)/t21-/m0/s1. The van der Waals surface area contributed by atoms with Crippen LogP contribution in [0.1, 0.15) is 32.8 Å². The Morgan fingerprint density at radius 1 is 1.10 bits per heavy atom. The van der Waals surface area contributed by atoms with Gasteiger partial charge in [-0.2, -0.15) is 0 Å². The summed E-state index contributed by atoms with van der Waals surface area (Å²) >= 11 is 16.0. The Bertz CT molecular complexity index is 871. The minimum Gasteiger partial charge on any atom is -0.484 e. The Hall–Kier alpha value is -1.76. The van der Waals surface area contributed by atoms with Gasteiger partial charge in [0.15, 0.2) is 6.61 Å². The van der Waals surface area contributed by atoms with Gasteiger partial charge in [-0.1, -0.05) is 66.0 Å². The molecule has 1 atom stereocenters. The molecule has 0 fully saturated rings. The number of benzene rings is 2. The minimum absolute atomic E-state index is 0.106. The van der Waals surface area contributed by atoms with E-state index in [9.17, 15) is 9.59 Å². The molecular formula is C23H27BrCl2N2O3. The molecule has 8 heteroatoms. The van der Waals surface area contributed by atoms with Crippen LogP contribution >= 0.6 is 39.1 Å². The molecule has 1 N–H and O–H groups in total. The maximum Gasteiger partial charge on any atom is 0.261 e. The predicted octanol–water partition coefficient (Wildman–Crippen LogP) is 5.71. The molecular weight excluding hydrogens is 503 g/mol. The van der Waals surface area contributed by atoms with Crippen molar-refractivity contribution in [2.45, 2.75) is 39.8 Å². The second-order valence-corrected chi connectivity index (χ2v) is 9.26. The van der Waals surface area contributed by atoms with Crippen molar-refractivity contribution in [2.75, 3.05) is 13.2 Å². The molecule has 31 heavy (non-hydrogen) atoms. The topological polar surface area (TPSA) is 58.6 Å². The van der Waals surface area contributed by atoms with Gasteiger partial charge in [0.2, 0.25) is 5.91 Å². The highest BCUT2D eigenvalue weighted by Gasteiger charge is 2.30. The van der Waals surface area contributed by atoms with Gasteiger partial charge in [0, 0.05) is 33.2 Å². The zero-order valence-electron chi connectivity index (χ0n) is 17.8. The Morgan fingerprint density at radius 2 is 1.71 bits per heavy atom. The first-order chi connectivity index (χ1) is 14.7. The van der Waals surface area contributed by atoms with Gasteiger partial charge in [-0.25, -0.2) is 0 Å². The number of rotatable bonds is 10. The third kappa shape index (κ3) is 7.70. The zero-order valence-corrected chi connectivity index (χ0v) is 20.9. The summed E-state index contributed by atoms with van der Waals surface area (Å²) in [4.78, 5) is 27.5. The summed E-state index contributed by atoms with van der Waals surface area (Å²) in [7, 11) is 0. The normalized spacial score (nSPS) is 11.8. The van der Waals surface area contributed by atoms with Crippen LogP contribution in [0, 0.1) is 5.92 Å². The summed E-state index contributed by atoms with van der Waals surface area (Å²) in [5.74, 6) is 0.316. The van der Waals surface area contributed by atoms with Crippen LogP contribution in [-0.4, -0.2) is 35.9 Å². The Kier molecular flexibility index (Phi) is 10.1. The maximum atomic E-state index is 13.2. The van der Waals surface area contributed by atoms with E-state index in [4.69, 9.17) is 27.9 Å². The summed E-state index contributed by atoms with van der Waals surface area (Å²) in [5.41, 5.74) is 0.595. The molecule has 0 saturated carbocycles. The number of carbonyl (C=O) groups is 2. The van der Waals surface area contributed by atoms with Crippen LogP contribution in [0.5, 0.6) is 5.75 Å². The number of halogens is 3. The first-order valence-electron chi connectivity index (χ1n) is 10.1. The number of nitrogens with one attached hydrogen (secondary N) is 1. The fraction of sp³-hybridized carbons (Fsp3) is 0.391. The van der Waals surface area contributed by atoms with Crippen LogP contribution in [0.25, 0.3) is 0 Å². The molecule has 0 aromatic heterocycles. The van der Waals surface area contributed by atoms with Crippen LogP contribution in [0.15, 0.2) is 46.9 Å². The smallest absolute Gasteiger partial charge is 0.261 e. The molecule has 0 spiro atoms. The molecule has 0 aliphatic rings. The van der Waals surface area contributed by atoms with Crippen molar-refractivity contribution in [3.63, 3.8) is 0 Å². The van der Waals surface area contributed by atoms with Gasteiger partial charge in [-0.3, -0.25) is 9.59 Å². The van der Waals surface area contributed by atoms with Gasteiger partial charge in [-0.05, 0) is 48.7 Å². The second kappa shape index (κ2) is 12.3. The molecule has 2 amide bonds. The lowest BCUT2D eigenvalue weighted by molar-refractivity contribution is -0.143. The summed E-state index contributed by atoms with van der Waals surface area (Å²) < 4.78 is 6.58. The van der Waals surface area contributed by atoms with E-state index >= 15 is 0 Å². The fourth-order valence-electron chi connectivity index (χ4n) is 2.95. The van der Waals surface area contributed by atoms with E-state index in [0.29, 0.717) is 40.2 Å². The highest BCUT2D eigenvalue weighted by atomic mass is 79.9. The van der Waals surface area contributed by atoms with Crippen molar-refractivity contribution < 1.29 is 14.3 Å². The molecule has 0 radical (unpaired) electrons. The average Bonchev–Trinajstić information content (AvgIpc) is 2.73. The monoisotopic (exact) mass is 528 g/mol. The van der Waals surface area contributed by atoms with Gasteiger partial charge >= 0.3 is 0 Å². The third-order valence-corrected chi connectivity index (χ3v) is 5.87. The average molecular weight is 530 g/mol. The summed E-state index contributed by atoms with van der Waals surface area (Å²) in [6.45, 7) is 6.31. The van der Waals surface area contributed by atoms with Gasteiger partial charge in [0.25, 0.3) is 5.91 Å². The lowest BCUT2D eigenvalue weighted by Crippen LogP contribution is -2.50. The second-order valence-electron chi connectivity index (χ2n) is 7.53. The summed E-state index contributed by atoms with van der Waals surface area (Å²) in [6.07, 6.45) is 0.440. The first-order valence-corrected chi connectivity index (χ1v) is 11.7. The van der Waals surface area contributed by atoms with Crippen molar-refractivity contribution in [3.05, 3.63) is 62.5 Å². The molecule has 2 aromatic carbocycles. The predicted molar refractivity (Wildman–Crippen MR) is 129 cm³/mol. The van der Waals surface area contributed by atoms with E-state index in [0.717, 1.165) is 4.47 Å². The fourth-order valence-corrected chi connectivity index (χ4v) is 3.74. The van der Waals surface area contributed by atoms with Crippen molar-refractivity contribution in [3.8, 4) is 5.75 Å². The van der Waals surface area contributed by atoms with E-state index < -0.39 is 6.04 Å². The molecule has 168 valence electrons. The first kappa shape index (κ1) is 25.5. The van der Waals surface area contributed by atoms with Crippen LogP contribution < -0.4 is 10.1 Å². The Morgan fingerprint density at radius 3 is 2.26 bits per heavy atom. The van der Waals surface area contributed by atoms with Crippen molar-refractivity contribution >= 4 is 50.9 Å². The maximum absolute atomic E-state index is 13.2. The molecule has 0 saturated heterocycles. The lowest BCUT2D eigenvalue weighted by Gasteiger charge is -2.31. The van der Waals surface area contributed by atoms with Crippen molar-refractivity contribution in [1.82, 2.24) is 10.2 Å². The molecule has 0 bridgehead atoms. The van der Waals surface area contributed by atoms with Gasteiger partial charge in [-0.15, -0.1) is 0 Å². The zero-order chi connectivity index (χ0) is 23.0. The lowest BCUT2D eigenvalue weighted by atomic mass is 10.1. The SMILES string of the molecule is CC[C@@H](C(=O)NCC(C)C)N(Cc1c(Cl)cccc1Cl)C(=O)COc1ccc(Br)cc1. The van der Waals surface area contributed by atoms with Crippen molar-refractivity contribution in [1.29, 1.82) is 0 Å². The van der Waals surface area contributed by atoms with Gasteiger partial charge in [0.05, 0.1) is 0 Å². The van der Waals surface area contributed by atoms with E-state index in [1.165, 1.54) is 4.90 Å². The number of carbonyl (C=O) groups excluding carboxylic acids is 2. The molecule has 0 unspecified atom stereocenters. The minimum atomic E-state index is -0.674. The number of ether oxygens (including phenoxy) is 1. The van der Waals surface area contributed by atoms with Gasteiger partial charge in [0.1, 0.15) is 11.8 Å². The van der Waals surface area contributed by atoms with Crippen LogP contribution in [-0.2, 0) is 16.1 Å². The van der Waals surface area contributed by atoms with Crippen LogP contribution in [0.2, 0.25) is 10.0 Å². The Labute approximate surface area is 202 Å². The van der Waals surface area contributed by atoms with E-state index in [-0.39, 0.29) is 25.0 Å². The molecule has 0 heterocycles. The summed E-state index contributed by atoms with van der Waals surface area (Å²) in [5, 5.41) is 3.80. The highest BCUT2D eigenvalue weighted by molar-refractivity contribution is 9.10. The third-order valence-electron chi connectivity index (χ3n) is 4.64. The molecule has 0 aliphatic carbocycles. The van der Waals surface area contributed by atoms with E-state index in [1.54, 1.807) is 30.3 Å². The molecule has 5 nitrogen and oxygen atoms in total. The van der Waals surface area contributed by atoms with E-state index in [1.807, 2.05) is 32.9 Å². The molecule has 0 aliphatic heterocycles. The highest BCUT2D eigenvalue weighted by Crippen LogP contribution is 2.27. The quantitative estimate of drug-likeness (QED) is 0.428.